The second kappa shape index (κ2) is 8.96. The molecule has 1 atom stereocenters. The summed E-state index contributed by atoms with van der Waals surface area (Å²) in [5, 5.41) is 11.9. The molecule has 5 nitrogen and oxygen atoms in total. The van der Waals surface area contributed by atoms with Gasteiger partial charge >= 0.3 is 12.1 Å². The van der Waals surface area contributed by atoms with Crippen molar-refractivity contribution in [1.29, 1.82) is 0 Å². The van der Waals surface area contributed by atoms with Gasteiger partial charge in [0.1, 0.15) is 5.75 Å². The van der Waals surface area contributed by atoms with E-state index in [4.69, 9.17) is 22.1 Å². The summed E-state index contributed by atoms with van der Waals surface area (Å²) in [4.78, 5) is 15.8. The molecule has 2 aromatic carbocycles. The maximum absolute atomic E-state index is 12.8. The quantitative estimate of drug-likeness (QED) is 0.408. The highest BCUT2D eigenvalue weighted by molar-refractivity contribution is 7.10. The SMILES string of the molecule is CC(C)(Oc1ccc(C(C)(N)Cc2nc(-c3ccc(C(F)(F)F)cc3)cs2)cc1Cl)C(=O)O. The van der Waals surface area contributed by atoms with Crippen LogP contribution in [0.2, 0.25) is 5.02 Å². The Morgan fingerprint density at radius 1 is 1.12 bits per heavy atom. The van der Waals surface area contributed by atoms with Crippen LogP contribution in [-0.4, -0.2) is 21.7 Å². The van der Waals surface area contributed by atoms with Gasteiger partial charge in [0.05, 0.1) is 21.3 Å². The van der Waals surface area contributed by atoms with Crippen LogP contribution in [0.4, 0.5) is 13.2 Å². The number of hydrogen-bond acceptors (Lipinski definition) is 5. The lowest BCUT2D eigenvalue weighted by Gasteiger charge is -2.26. The Labute approximate surface area is 198 Å². The average Bonchev–Trinajstić information content (AvgIpc) is 3.16. The van der Waals surface area contributed by atoms with Gasteiger partial charge in [-0.25, -0.2) is 9.78 Å². The van der Waals surface area contributed by atoms with Crippen molar-refractivity contribution in [3.05, 3.63) is 69.0 Å². The molecule has 10 heteroatoms. The maximum Gasteiger partial charge on any atom is 0.416 e. The number of ether oxygens (including phenoxy) is 1. The Bertz CT molecular complexity index is 1160. The number of nitrogens with two attached hydrogens (primary N) is 1. The highest BCUT2D eigenvalue weighted by Gasteiger charge is 2.32. The predicted octanol–water partition coefficient (Wildman–Crippen LogP) is 6.14. The molecule has 0 fully saturated rings. The molecular weight excluding hydrogens is 477 g/mol. The van der Waals surface area contributed by atoms with Crippen LogP contribution in [-0.2, 0) is 22.9 Å². The predicted molar refractivity (Wildman–Crippen MR) is 122 cm³/mol. The molecule has 0 aliphatic rings. The van der Waals surface area contributed by atoms with Crippen LogP contribution in [0.25, 0.3) is 11.3 Å². The van der Waals surface area contributed by atoms with Crippen molar-refractivity contribution >= 4 is 28.9 Å². The molecule has 1 unspecified atom stereocenters. The van der Waals surface area contributed by atoms with Crippen LogP contribution in [0, 0.1) is 0 Å². The van der Waals surface area contributed by atoms with E-state index < -0.39 is 28.8 Å². The molecule has 0 saturated heterocycles. The van der Waals surface area contributed by atoms with Crippen molar-refractivity contribution in [2.24, 2.45) is 5.73 Å². The molecule has 3 N–H and O–H groups in total. The number of halogens is 4. The third-order valence-corrected chi connectivity index (χ3v) is 6.19. The van der Waals surface area contributed by atoms with Gasteiger partial charge in [-0.15, -0.1) is 11.3 Å². The van der Waals surface area contributed by atoms with Gasteiger partial charge in [0.2, 0.25) is 0 Å². The minimum Gasteiger partial charge on any atom is -0.478 e. The minimum absolute atomic E-state index is 0.224. The summed E-state index contributed by atoms with van der Waals surface area (Å²) in [7, 11) is 0. The fraction of sp³-hybridized carbons (Fsp3) is 0.304. The summed E-state index contributed by atoms with van der Waals surface area (Å²) in [6.07, 6.45) is -4.03. The molecule has 3 aromatic rings. The van der Waals surface area contributed by atoms with E-state index in [9.17, 15) is 23.1 Å². The maximum atomic E-state index is 12.8. The van der Waals surface area contributed by atoms with Crippen LogP contribution in [0.15, 0.2) is 47.8 Å². The number of benzene rings is 2. The standard InChI is InChI=1S/C23H22ClF3N2O3S/c1-21(2,20(30)31)32-18-9-8-15(10-16(18)24)22(3,28)11-19-29-17(12-33-19)13-4-6-14(7-5-13)23(25,26)27/h4-10,12H,11,28H2,1-3H3,(H,30,31). The van der Waals surface area contributed by atoms with Gasteiger partial charge in [-0.2, -0.15) is 13.2 Å². The highest BCUT2D eigenvalue weighted by Crippen LogP contribution is 2.35. The zero-order chi connectivity index (χ0) is 24.6. The number of hydrogen-bond donors (Lipinski definition) is 2. The first-order chi connectivity index (χ1) is 15.2. The Morgan fingerprint density at radius 3 is 2.27 bits per heavy atom. The fourth-order valence-electron chi connectivity index (χ4n) is 3.03. The van der Waals surface area contributed by atoms with Crippen molar-refractivity contribution in [2.75, 3.05) is 0 Å². The number of aromatic nitrogens is 1. The smallest absolute Gasteiger partial charge is 0.416 e. The highest BCUT2D eigenvalue weighted by atomic mass is 35.5. The molecular formula is C23H22ClF3N2O3S. The van der Waals surface area contributed by atoms with Crippen molar-refractivity contribution in [3.8, 4) is 17.0 Å². The van der Waals surface area contributed by atoms with Gasteiger partial charge in [0, 0.05) is 22.9 Å². The van der Waals surface area contributed by atoms with Gasteiger partial charge in [0.25, 0.3) is 0 Å². The molecule has 1 heterocycles. The number of alkyl halides is 3. The van der Waals surface area contributed by atoms with Crippen LogP contribution < -0.4 is 10.5 Å². The second-order valence-corrected chi connectivity index (χ2v) is 9.71. The van der Waals surface area contributed by atoms with E-state index in [1.165, 1.54) is 37.3 Å². The van der Waals surface area contributed by atoms with E-state index in [0.717, 1.165) is 12.1 Å². The first-order valence-corrected chi connectivity index (χ1v) is 11.1. The Balaban J connectivity index is 1.77. The molecule has 33 heavy (non-hydrogen) atoms. The first-order valence-electron chi connectivity index (χ1n) is 9.82. The lowest BCUT2D eigenvalue weighted by atomic mass is 9.90. The zero-order valence-corrected chi connectivity index (χ0v) is 19.6. The number of nitrogens with zero attached hydrogens (tertiary/aromatic N) is 1. The van der Waals surface area contributed by atoms with Crippen molar-refractivity contribution in [1.82, 2.24) is 4.98 Å². The molecule has 0 bridgehead atoms. The molecule has 0 radical (unpaired) electrons. The number of rotatable bonds is 7. The van der Waals surface area contributed by atoms with Crippen molar-refractivity contribution < 1.29 is 27.8 Å². The summed E-state index contributed by atoms with van der Waals surface area (Å²) < 4.78 is 43.8. The molecule has 176 valence electrons. The van der Waals surface area contributed by atoms with E-state index >= 15 is 0 Å². The molecule has 0 saturated carbocycles. The largest absolute Gasteiger partial charge is 0.478 e. The number of carbonyl (C=O) groups is 1. The molecule has 0 spiro atoms. The normalized spacial score (nSPS) is 14.1. The minimum atomic E-state index is -4.39. The number of carboxylic acid groups (broad SMARTS) is 1. The van der Waals surface area contributed by atoms with Crippen LogP contribution >= 0.6 is 22.9 Å². The van der Waals surface area contributed by atoms with Gasteiger partial charge in [-0.05, 0) is 50.6 Å². The molecule has 0 aliphatic heterocycles. The van der Waals surface area contributed by atoms with Crippen molar-refractivity contribution in [3.63, 3.8) is 0 Å². The van der Waals surface area contributed by atoms with Crippen molar-refractivity contribution in [2.45, 2.75) is 44.5 Å². The summed E-state index contributed by atoms with van der Waals surface area (Å²) in [5.41, 5.74) is 5.34. The van der Waals surface area contributed by atoms with Gasteiger partial charge in [0.15, 0.2) is 5.60 Å². The summed E-state index contributed by atoms with van der Waals surface area (Å²) in [6.45, 7) is 4.65. The number of carboxylic acids is 1. The third-order valence-electron chi connectivity index (χ3n) is 5.05. The van der Waals surface area contributed by atoms with E-state index in [1.807, 2.05) is 0 Å². The zero-order valence-electron chi connectivity index (χ0n) is 18.0. The van der Waals surface area contributed by atoms with E-state index in [1.54, 1.807) is 30.5 Å². The van der Waals surface area contributed by atoms with E-state index in [2.05, 4.69) is 4.98 Å². The fourth-order valence-corrected chi connectivity index (χ4v) is 4.22. The van der Waals surface area contributed by atoms with E-state index in [0.29, 0.717) is 28.2 Å². The summed E-state index contributed by atoms with van der Waals surface area (Å²) in [6, 6.07) is 9.74. The topological polar surface area (TPSA) is 85.4 Å². The van der Waals surface area contributed by atoms with Gasteiger partial charge < -0.3 is 15.6 Å². The monoisotopic (exact) mass is 498 g/mol. The lowest BCUT2D eigenvalue weighted by Crippen LogP contribution is -2.38. The van der Waals surface area contributed by atoms with Gasteiger partial charge in [-0.3, -0.25) is 0 Å². The Kier molecular flexibility index (Phi) is 6.79. The van der Waals surface area contributed by atoms with Crippen LogP contribution in [0.1, 0.15) is 36.9 Å². The number of thiazole rings is 1. The Hall–Kier alpha value is -2.62. The third kappa shape index (κ3) is 5.85. The molecule has 3 rings (SSSR count). The second-order valence-electron chi connectivity index (χ2n) is 8.36. The molecule has 0 amide bonds. The summed E-state index contributed by atoms with van der Waals surface area (Å²) in [5.74, 6) is -0.901. The summed E-state index contributed by atoms with van der Waals surface area (Å²) >= 11 is 7.67. The average molecular weight is 499 g/mol. The van der Waals surface area contributed by atoms with Crippen LogP contribution in [0.3, 0.4) is 0 Å². The number of aliphatic carboxylic acids is 1. The van der Waals surface area contributed by atoms with Gasteiger partial charge in [-0.1, -0.05) is 29.8 Å². The van der Waals surface area contributed by atoms with E-state index in [-0.39, 0.29) is 10.8 Å². The molecule has 1 aromatic heterocycles. The molecule has 0 aliphatic carbocycles. The lowest BCUT2D eigenvalue weighted by molar-refractivity contribution is -0.152. The Morgan fingerprint density at radius 2 is 1.73 bits per heavy atom. The van der Waals surface area contributed by atoms with Crippen LogP contribution in [0.5, 0.6) is 5.75 Å². The first kappa shape index (κ1) is 25.0.